The van der Waals surface area contributed by atoms with Crippen molar-refractivity contribution in [2.24, 2.45) is 5.92 Å². The van der Waals surface area contributed by atoms with Crippen molar-refractivity contribution >= 4 is 21.6 Å². The number of anilines is 1. The molecule has 0 atom stereocenters. The molecule has 2 rings (SSSR count). The zero-order valence-electron chi connectivity index (χ0n) is 11.8. The fourth-order valence-corrected chi connectivity index (χ4v) is 3.18. The third-order valence-electron chi connectivity index (χ3n) is 4.32. The molecule has 0 unspecified atom stereocenters. The first-order chi connectivity index (χ1) is 9.56. The van der Waals surface area contributed by atoms with Gasteiger partial charge >= 0.3 is 0 Å². The summed E-state index contributed by atoms with van der Waals surface area (Å²) in [5.41, 5.74) is 0.762. The number of nitrogens with zero attached hydrogens (tertiary/aromatic N) is 1. The Morgan fingerprint density at radius 3 is 2.75 bits per heavy atom. The summed E-state index contributed by atoms with van der Waals surface area (Å²) in [6.45, 7) is 2.73. The molecule has 0 aliphatic heterocycles. The molecule has 0 radical (unpaired) electrons. The fourth-order valence-electron chi connectivity index (χ4n) is 2.82. The molecule has 108 valence electrons. The maximum absolute atomic E-state index is 10.6. The van der Waals surface area contributed by atoms with Crippen LogP contribution in [-0.2, 0) is 0 Å². The Morgan fingerprint density at radius 1 is 1.45 bits per heavy atom. The highest BCUT2D eigenvalue weighted by molar-refractivity contribution is 9.10. The molecule has 0 spiro atoms. The van der Waals surface area contributed by atoms with Gasteiger partial charge in [-0.1, -0.05) is 29.3 Å². The highest BCUT2D eigenvalue weighted by atomic mass is 79.9. The molecule has 1 aliphatic rings. The van der Waals surface area contributed by atoms with Crippen molar-refractivity contribution in [3.63, 3.8) is 0 Å². The van der Waals surface area contributed by atoms with Crippen molar-refractivity contribution in [3.8, 4) is 6.07 Å². The average molecular weight is 337 g/mol. The minimum Gasteiger partial charge on any atom is -0.388 e. The SMILES string of the molecule is CCC1CCC(O)(CNc2ccc(Br)cc2C#N)CC1. The number of halogens is 1. The lowest BCUT2D eigenvalue weighted by molar-refractivity contribution is 0.00229. The number of nitriles is 1. The Balaban J connectivity index is 1.97. The molecule has 1 aromatic carbocycles. The van der Waals surface area contributed by atoms with Crippen LogP contribution in [0.5, 0.6) is 0 Å². The summed E-state index contributed by atoms with van der Waals surface area (Å²) in [4.78, 5) is 0. The van der Waals surface area contributed by atoms with Crippen molar-refractivity contribution < 1.29 is 5.11 Å². The summed E-state index contributed by atoms with van der Waals surface area (Å²) in [6.07, 6.45) is 5.09. The lowest BCUT2D eigenvalue weighted by Gasteiger charge is -2.36. The van der Waals surface area contributed by atoms with Crippen molar-refractivity contribution in [1.29, 1.82) is 5.26 Å². The Bertz CT molecular complexity index is 502. The van der Waals surface area contributed by atoms with Gasteiger partial charge in [0, 0.05) is 11.0 Å². The molecular weight excluding hydrogens is 316 g/mol. The highest BCUT2D eigenvalue weighted by Crippen LogP contribution is 2.34. The lowest BCUT2D eigenvalue weighted by Crippen LogP contribution is -2.40. The van der Waals surface area contributed by atoms with Crippen LogP contribution >= 0.6 is 15.9 Å². The van der Waals surface area contributed by atoms with E-state index in [1.165, 1.54) is 6.42 Å². The summed E-state index contributed by atoms with van der Waals surface area (Å²) in [6, 6.07) is 7.75. The number of rotatable bonds is 4. The van der Waals surface area contributed by atoms with E-state index in [9.17, 15) is 5.11 Å². The van der Waals surface area contributed by atoms with Gasteiger partial charge in [-0.05, 0) is 49.8 Å². The lowest BCUT2D eigenvalue weighted by atomic mass is 9.78. The van der Waals surface area contributed by atoms with E-state index in [0.717, 1.165) is 41.8 Å². The van der Waals surface area contributed by atoms with Crippen molar-refractivity contribution in [1.82, 2.24) is 0 Å². The first-order valence-corrected chi connectivity index (χ1v) is 8.01. The molecule has 20 heavy (non-hydrogen) atoms. The summed E-state index contributed by atoms with van der Waals surface area (Å²) in [5.74, 6) is 0.762. The van der Waals surface area contributed by atoms with E-state index < -0.39 is 5.60 Å². The summed E-state index contributed by atoms with van der Waals surface area (Å²) in [5, 5.41) is 23.0. The Kier molecular flexibility index (Phi) is 5.06. The van der Waals surface area contributed by atoms with Gasteiger partial charge in [-0.3, -0.25) is 0 Å². The number of hydrogen-bond acceptors (Lipinski definition) is 3. The molecule has 1 aromatic rings. The molecular formula is C16H21BrN2O. The van der Waals surface area contributed by atoms with Crippen LogP contribution in [0.2, 0.25) is 0 Å². The standard InChI is InChI=1S/C16H21BrN2O/c1-2-12-5-7-16(20,8-6-12)11-19-15-4-3-14(17)9-13(15)10-18/h3-4,9,12,19-20H,2,5-8,11H2,1H3. The summed E-state index contributed by atoms with van der Waals surface area (Å²) in [7, 11) is 0. The first kappa shape index (κ1) is 15.3. The zero-order valence-corrected chi connectivity index (χ0v) is 13.4. The smallest absolute Gasteiger partial charge is 0.101 e. The Hall–Kier alpha value is -1.05. The van der Waals surface area contributed by atoms with E-state index >= 15 is 0 Å². The molecule has 2 N–H and O–H groups in total. The maximum atomic E-state index is 10.6. The van der Waals surface area contributed by atoms with E-state index in [-0.39, 0.29) is 0 Å². The molecule has 0 amide bonds. The Morgan fingerprint density at radius 2 is 2.15 bits per heavy atom. The summed E-state index contributed by atoms with van der Waals surface area (Å²) >= 11 is 3.36. The van der Waals surface area contributed by atoms with Gasteiger partial charge in [0.15, 0.2) is 0 Å². The van der Waals surface area contributed by atoms with E-state index in [2.05, 4.69) is 34.2 Å². The van der Waals surface area contributed by atoms with Crippen LogP contribution in [0, 0.1) is 17.2 Å². The van der Waals surface area contributed by atoms with Gasteiger partial charge in [0.25, 0.3) is 0 Å². The number of benzene rings is 1. The molecule has 0 bridgehead atoms. The molecule has 1 saturated carbocycles. The second kappa shape index (κ2) is 6.60. The molecule has 0 aromatic heterocycles. The topological polar surface area (TPSA) is 56.0 Å². The maximum Gasteiger partial charge on any atom is 0.101 e. The minimum absolute atomic E-state index is 0.514. The van der Waals surface area contributed by atoms with Crippen molar-refractivity contribution in [3.05, 3.63) is 28.2 Å². The third kappa shape index (κ3) is 3.74. The minimum atomic E-state index is -0.633. The van der Waals surface area contributed by atoms with Crippen LogP contribution in [0.3, 0.4) is 0 Å². The number of aliphatic hydroxyl groups is 1. The third-order valence-corrected chi connectivity index (χ3v) is 4.82. The van der Waals surface area contributed by atoms with Gasteiger partial charge < -0.3 is 10.4 Å². The second-order valence-electron chi connectivity index (χ2n) is 5.73. The highest BCUT2D eigenvalue weighted by Gasteiger charge is 2.32. The van der Waals surface area contributed by atoms with Gasteiger partial charge in [0.1, 0.15) is 6.07 Å². The number of nitrogens with one attached hydrogen (secondary N) is 1. The second-order valence-corrected chi connectivity index (χ2v) is 6.65. The molecule has 0 heterocycles. The van der Waals surface area contributed by atoms with Gasteiger partial charge in [-0.25, -0.2) is 0 Å². The van der Waals surface area contributed by atoms with Crippen molar-refractivity contribution in [2.45, 2.75) is 44.6 Å². The summed E-state index contributed by atoms with van der Waals surface area (Å²) < 4.78 is 0.891. The zero-order chi connectivity index (χ0) is 14.6. The molecule has 0 saturated heterocycles. The van der Waals surface area contributed by atoms with E-state index in [1.54, 1.807) is 6.07 Å². The van der Waals surface area contributed by atoms with Crippen LogP contribution in [-0.4, -0.2) is 17.3 Å². The Labute approximate surface area is 129 Å². The number of hydrogen-bond donors (Lipinski definition) is 2. The van der Waals surface area contributed by atoms with Crippen LogP contribution in [0.25, 0.3) is 0 Å². The average Bonchev–Trinajstić information content (AvgIpc) is 2.46. The van der Waals surface area contributed by atoms with Crippen LogP contribution < -0.4 is 5.32 Å². The van der Waals surface area contributed by atoms with Crippen molar-refractivity contribution in [2.75, 3.05) is 11.9 Å². The van der Waals surface area contributed by atoms with Gasteiger partial charge in [-0.15, -0.1) is 0 Å². The molecule has 3 nitrogen and oxygen atoms in total. The van der Waals surface area contributed by atoms with Gasteiger partial charge in [-0.2, -0.15) is 5.26 Å². The van der Waals surface area contributed by atoms with E-state index in [4.69, 9.17) is 5.26 Å². The fraction of sp³-hybridized carbons (Fsp3) is 0.562. The predicted molar refractivity (Wildman–Crippen MR) is 84.5 cm³/mol. The molecule has 4 heteroatoms. The largest absolute Gasteiger partial charge is 0.388 e. The molecule has 1 aliphatic carbocycles. The van der Waals surface area contributed by atoms with Crippen LogP contribution in [0.15, 0.2) is 22.7 Å². The molecule has 1 fully saturated rings. The quantitative estimate of drug-likeness (QED) is 0.871. The van der Waals surface area contributed by atoms with E-state index in [0.29, 0.717) is 12.1 Å². The van der Waals surface area contributed by atoms with Crippen LogP contribution in [0.1, 0.15) is 44.6 Å². The predicted octanol–water partition coefficient (Wildman–Crippen LogP) is 4.06. The van der Waals surface area contributed by atoms with Gasteiger partial charge in [0.05, 0.1) is 16.9 Å². The normalized spacial score (nSPS) is 26.0. The first-order valence-electron chi connectivity index (χ1n) is 7.22. The monoisotopic (exact) mass is 336 g/mol. The van der Waals surface area contributed by atoms with E-state index in [1.807, 2.05) is 12.1 Å². The van der Waals surface area contributed by atoms with Gasteiger partial charge in [0.2, 0.25) is 0 Å². The van der Waals surface area contributed by atoms with Crippen LogP contribution in [0.4, 0.5) is 5.69 Å².